The number of pyridine rings is 2. The summed E-state index contributed by atoms with van der Waals surface area (Å²) in [5.74, 6) is 0. The fourth-order valence-electron chi connectivity index (χ4n) is 2.88. The molecule has 0 aliphatic carbocycles. The van der Waals surface area contributed by atoms with E-state index in [1.165, 1.54) is 0 Å². The number of hydrogen-bond acceptors (Lipinski definition) is 2. The monoisotopic (exact) mass is 286 g/mol. The van der Waals surface area contributed by atoms with Crippen molar-refractivity contribution in [2.45, 2.75) is 6.54 Å². The van der Waals surface area contributed by atoms with Crippen LogP contribution in [-0.4, -0.2) is 9.55 Å². The van der Waals surface area contributed by atoms with Crippen LogP contribution in [-0.2, 0) is 6.54 Å². The lowest BCUT2D eigenvalue weighted by molar-refractivity contribution is 0.829. The van der Waals surface area contributed by atoms with Gasteiger partial charge in [0.2, 0.25) is 0 Å². The van der Waals surface area contributed by atoms with Gasteiger partial charge < -0.3 is 4.57 Å². The molecule has 0 saturated heterocycles. The number of fused-ring (bicyclic) bond motifs is 2. The van der Waals surface area contributed by atoms with E-state index in [2.05, 4.69) is 27.8 Å². The maximum atomic E-state index is 12.0. The van der Waals surface area contributed by atoms with Crippen LogP contribution in [0.25, 0.3) is 21.8 Å². The largest absolute Gasteiger partial charge is 0.343 e. The van der Waals surface area contributed by atoms with Crippen LogP contribution >= 0.6 is 0 Å². The van der Waals surface area contributed by atoms with Gasteiger partial charge in [-0.05, 0) is 23.8 Å². The zero-order chi connectivity index (χ0) is 14.9. The molecule has 0 amide bonds. The molecule has 0 fully saturated rings. The smallest absolute Gasteiger partial charge is 0.189 e. The summed E-state index contributed by atoms with van der Waals surface area (Å²) in [5, 5.41) is 1.88. The van der Waals surface area contributed by atoms with Crippen LogP contribution in [0.4, 0.5) is 0 Å². The maximum Gasteiger partial charge on any atom is 0.189 e. The summed E-state index contributed by atoms with van der Waals surface area (Å²) in [6, 6.07) is 19.5. The molecule has 3 heteroatoms. The van der Waals surface area contributed by atoms with E-state index >= 15 is 0 Å². The van der Waals surface area contributed by atoms with Gasteiger partial charge in [0.1, 0.15) is 0 Å². The van der Waals surface area contributed by atoms with Crippen molar-refractivity contribution in [3.63, 3.8) is 0 Å². The molecule has 0 spiro atoms. The predicted octanol–water partition coefficient (Wildman–Crippen LogP) is 3.60. The minimum atomic E-state index is 0.0582. The lowest BCUT2D eigenvalue weighted by Gasteiger charge is -2.12. The van der Waals surface area contributed by atoms with E-state index < -0.39 is 0 Å². The van der Waals surface area contributed by atoms with E-state index in [0.717, 1.165) is 27.4 Å². The Kier molecular flexibility index (Phi) is 2.97. The van der Waals surface area contributed by atoms with E-state index in [0.29, 0.717) is 6.54 Å². The Morgan fingerprint density at radius 2 is 1.77 bits per heavy atom. The highest BCUT2D eigenvalue weighted by Crippen LogP contribution is 2.18. The van der Waals surface area contributed by atoms with Crippen molar-refractivity contribution >= 4 is 21.8 Å². The van der Waals surface area contributed by atoms with Crippen molar-refractivity contribution in [1.29, 1.82) is 0 Å². The predicted molar refractivity (Wildman–Crippen MR) is 89.1 cm³/mol. The Labute approximate surface area is 127 Å². The van der Waals surface area contributed by atoms with E-state index in [1.54, 1.807) is 6.07 Å². The Bertz CT molecular complexity index is 1030. The molecule has 4 rings (SSSR count). The van der Waals surface area contributed by atoms with Crippen LogP contribution < -0.4 is 5.43 Å². The number of benzene rings is 2. The Hall–Kier alpha value is -2.94. The third-order valence-corrected chi connectivity index (χ3v) is 3.94. The van der Waals surface area contributed by atoms with Gasteiger partial charge in [0, 0.05) is 35.8 Å². The fraction of sp³-hybridized carbons (Fsp3) is 0.0526. The van der Waals surface area contributed by atoms with Gasteiger partial charge in [-0.1, -0.05) is 36.4 Å². The third-order valence-electron chi connectivity index (χ3n) is 3.94. The summed E-state index contributed by atoms with van der Waals surface area (Å²) < 4.78 is 2.10. The molecule has 22 heavy (non-hydrogen) atoms. The zero-order valence-corrected chi connectivity index (χ0v) is 11.9. The lowest BCUT2D eigenvalue weighted by Crippen LogP contribution is -2.09. The number of hydrogen-bond donors (Lipinski definition) is 0. The van der Waals surface area contributed by atoms with Crippen molar-refractivity contribution in [1.82, 2.24) is 9.55 Å². The molecule has 0 atom stereocenters. The van der Waals surface area contributed by atoms with Gasteiger partial charge >= 0.3 is 0 Å². The minimum absolute atomic E-state index is 0.0582. The molecule has 2 heterocycles. The highest BCUT2D eigenvalue weighted by atomic mass is 16.1. The van der Waals surface area contributed by atoms with E-state index in [4.69, 9.17) is 0 Å². The Morgan fingerprint density at radius 1 is 0.909 bits per heavy atom. The van der Waals surface area contributed by atoms with Crippen molar-refractivity contribution in [3.05, 3.63) is 88.8 Å². The first kappa shape index (κ1) is 12.8. The Morgan fingerprint density at radius 3 is 2.73 bits per heavy atom. The normalized spacial score (nSPS) is 11.1. The SMILES string of the molecule is O=c1ccn(Cc2cccc3cccnc23)c2ccccc12. The summed E-state index contributed by atoms with van der Waals surface area (Å²) in [6.45, 7) is 0.690. The van der Waals surface area contributed by atoms with Crippen LogP contribution in [0.1, 0.15) is 5.56 Å². The molecule has 0 saturated carbocycles. The molecular formula is C19H14N2O. The first-order valence-corrected chi connectivity index (χ1v) is 7.24. The molecule has 4 aromatic rings. The number of aromatic nitrogens is 2. The standard InChI is InChI=1S/C19H14N2O/c22-18-10-12-21(17-9-2-1-8-16(17)18)13-15-6-3-5-14-7-4-11-20-19(14)15/h1-12H,13H2. The minimum Gasteiger partial charge on any atom is -0.343 e. The van der Waals surface area contributed by atoms with E-state index in [-0.39, 0.29) is 5.43 Å². The molecule has 106 valence electrons. The average molecular weight is 286 g/mol. The van der Waals surface area contributed by atoms with Crippen molar-refractivity contribution < 1.29 is 0 Å². The second-order valence-corrected chi connectivity index (χ2v) is 5.32. The van der Waals surface area contributed by atoms with Gasteiger partial charge in [0.15, 0.2) is 5.43 Å². The first-order valence-electron chi connectivity index (χ1n) is 7.24. The molecule has 0 aliphatic rings. The summed E-state index contributed by atoms with van der Waals surface area (Å²) in [6.07, 6.45) is 3.67. The molecule has 0 bridgehead atoms. The first-order chi connectivity index (χ1) is 10.8. The van der Waals surface area contributed by atoms with Crippen LogP contribution in [0.2, 0.25) is 0 Å². The fourth-order valence-corrected chi connectivity index (χ4v) is 2.88. The molecule has 0 unspecified atom stereocenters. The second kappa shape index (κ2) is 5.11. The van der Waals surface area contributed by atoms with E-state index in [1.807, 2.05) is 48.8 Å². The van der Waals surface area contributed by atoms with Gasteiger partial charge in [0.05, 0.1) is 11.0 Å². The lowest BCUT2D eigenvalue weighted by atomic mass is 10.1. The molecule has 0 radical (unpaired) electrons. The molecule has 0 aliphatic heterocycles. The van der Waals surface area contributed by atoms with Crippen molar-refractivity contribution in [2.75, 3.05) is 0 Å². The number of rotatable bonds is 2. The number of nitrogens with zero attached hydrogens (tertiary/aromatic N) is 2. The van der Waals surface area contributed by atoms with Crippen molar-refractivity contribution in [2.24, 2.45) is 0 Å². The highest BCUT2D eigenvalue weighted by molar-refractivity contribution is 5.82. The highest BCUT2D eigenvalue weighted by Gasteiger charge is 2.06. The van der Waals surface area contributed by atoms with Crippen molar-refractivity contribution in [3.8, 4) is 0 Å². The van der Waals surface area contributed by atoms with Gasteiger partial charge in [-0.2, -0.15) is 0 Å². The molecule has 0 N–H and O–H groups in total. The van der Waals surface area contributed by atoms with Gasteiger partial charge in [0.25, 0.3) is 0 Å². The molecule has 2 aromatic heterocycles. The van der Waals surface area contributed by atoms with Gasteiger partial charge in [-0.3, -0.25) is 9.78 Å². The van der Waals surface area contributed by atoms with E-state index in [9.17, 15) is 4.79 Å². The molecular weight excluding hydrogens is 272 g/mol. The summed E-state index contributed by atoms with van der Waals surface area (Å²) in [5.41, 5.74) is 3.16. The van der Waals surface area contributed by atoms with Gasteiger partial charge in [-0.25, -0.2) is 0 Å². The quantitative estimate of drug-likeness (QED) is 0.564. The third kappa shape index (κ3) is 2.07. The topological polar surface area (TPSA) is 34.9 Å². The Balaban J connectivity index is 1.90. The van der Waals surface area contributed by atoms with Crippen LogP contribution in [0.5, 0.6) is 0 Å². The second-order valence-electron chi connectivity index (χ2n) is 5.32. The maximum absolute atomic E-state index is 12.0. The summed E-state index contributed by atoms with van der Waals surface area (Å²) in [7, 11) is 0. The zero-order valence-electron chi connectivity index (χ0n) is 11.9. The van der Waals surface area contributed by atoms with Crippen LogP contribution in [0, 0.1) is 0 Å². The average Bonchev–Trinajstić information content (AvgIpc) is 2.58. The van der Waals surface area contributed by atoms with Gasteiger partial charge in [-0.15, -0.1) is 0 Å². The molecule has 3 nitrogen and oxygen atoms in total. The van der Waals surface area contributed by atoms with Crippen LogP contribution in [0.15, 0.2) is 77.9 Å². The molecule has 2 aromatic carbocycles. The van der Waals surface area contributed by atoms with Crippen LogP contribution in [0.3, 0.4) is 0 Å². The number of para-hydroxylation sites is 2. The summed E-state index contributed by atoms with van der Waals surface area (Å²) in [4.78, 5) is 16.5. The summed E-state index contributed by atoms with van der Waals surface area (Å²) >= 11 is 0.